The first kappa shape index (κ1) is 16.5. The summed E-state index contributed by atoms with van der Waals surface area (Å²) in [6, 6.07) is 12.2. The molecule has 0 fully saturated rings. The summed E-state index contributed by atoms with van der Waals surface area (Å²) < 4.78 is 9.95. The van der Waals surface area contributed by atoms with E-state index in [1.165, 1.54) is 16.6 Å². The summed E-state index contributed by atoms with van der Waals surface area (Å²) in [5.74, 6) is 0.825. The molecular formula is C20H25N2O2+. The molecule has 0 amide bonds. The highest BCUT2D eigenvalue weighted by Crippen LogP contribution is 2.19. The summed E-state index contributed by atoms with van der Waals surface area (Å²) in [4.78, 5) is 0. The van der Waals surface area contributed by atoms with Gasteiger partial charge in [-0.1, -0.05) is 18.2 Å². The van der Waals surface area contributed by atoms with Crippen molar-refractivity contribution in [1.82, 2.24) is 4.57 Å². The maximum absolute atomic E-state index is 10.4. The van der Waals surface area contributed by atoms with Crippen LogP contribution in [0.3, 0.4) is 0 Å². The van der Waals surface area contributed by atoms with Crippen LogP contribution in [0.1, 0.15) is 16.7 Å². The van der Waals surface area contributed by atoms with E-state index in [-0.39, 0.29) is 6.61 Å². The number of fused-ring (bicyclic) bond motifs is 1. The van der Waals surface area contributed by atoms with Crippen LogP contribution in [0, 0.1) is 20.8 Å². The van der Waals surface area contributed by atoms with Gasteiger partial charge in [0.25, 0.3) is 0 Å². The predicted octanol–water partition coefficient (Wildman–Crippen LogP) is 2.83. The first-order valence-corrected chi connectivity index (χ1v) is 8.28. The van der Waals surface area contributed by atoms with Crippen LogP contribution >= 0.6 is 0 Å². The van der Waals surface area contributed by atoms with Crippen LogP contribution in [0.15, 0.2) is 42.7 Å². The third kappa shape index (κ3) is 3.29. The average Bonchev–Trinajstić information content (AvgIpc) is 2.83. The molecule has 0 unspecified atom stereocenters. The van der Waals surface area contributed by atoms with Gasteiger partial charge in [-0.25, -0.2) is 9.13 Å². The Morgan fingerprint density at radius 1 is 1.08 bits per heavy atom. The van der Waals surface area contributed by atoms with Crippen molar-refractivity contribution in [2.45, 2.75) is 33.4 Å². The molecule has 3 aromatic rings. The van der Waals surface area contributed by atoms with E-state index in [9.17, 15) is 5.11 Å². The minimum absolute atomic E-state index is 0.277. The molecule has 1 aromatic heterocycles. The van der Waals surface area contributed by atoms with Crippen LogP contribution in [0.5, 0.6) is 5.75 Å². The molecule has 0 aliphatic carbocycles. The number of aliphatic hydroxyl groups is 1. The second-order valence-electron chi connectivity index (χ2n) is 6.53. The van der Waals surface area contributed by atoms with Crippen molar-refractivity contribution in [1.29, 1.82) is 0 Å². The predicted molar refractivity (Wildman–Crippen MR) is 95.3 cm³/mol. The van der Waals surface area contributed by atoms with Gasteiger partial charge in [0.05, 0.1) is 7.05 Å². The molecule has 0 aliphatic rings. The maximum Gasteiger partial charge on any atom is 0.244 e. The van der Waals surface area contributed by atoms with E-state index in [1.54, 1.807) is 0 Å². The van der Waals surface area contributed by atoms with Crippen LogP contribution in [0.25, 0.3) is 11.0 Å². The fourth-order valence-corrected chi connectivity index (χ4v) is 2.96. The third-order valence-corrected chi connectivity index (χ3v) is 4.53. The smallest absolute Gasteiger partial charge is 0.244 e. The third-order valence-electron chi connectivity index (χ3n) is 4.53. The van der Waals surface area contributed by atoms with E-state index in [1.807, 2.05) is 44.6 Å². The van der Waals surface area contributed by atoms with Crippen molar-refractivity contribution in [3.05, 3.63) is 59.4 Å². The number of aryl methyl sites for hydroxylation is 4. The van der Waals surface area contributed by atoms with Crippen molar-refractivity contribution in [2.75, 3.05) is 6.61 Å². The SMILES string of the molecule is Cc1cc2c(cc1C)[n+](C)cn2C[C@@H](O)COc1ccccc1C. The monoisotopic (exact) mass is 325 g/mol. The second kappa shape index (κ2) is 6.65. The Bertz CT molecular complexity index is 867. The van der Waals surface area contributed by atoms with Gasteiger partial charge in [-0.15, -0.1) is 0 Å². The molecule has 1 heterocycles. The number of benzene rings is 2. The Labute approximate surface area is 142 Å². The molecule has 0 spiro atoms. The van der Waals surface area contributed by atoms with Crippen LogP contribution in [-0.2, 0) is 13.6 Å². The lowest BCUT2D eigenvalue weighted by molar-refractivity contribution is -0.645. The minimum Gasteiger partial charge on any atom is -0.490 e. The number of rotatable bonds is 5. The molecule has 0 saturated carbocycles. The van der Waals surface area contributed by atoms with Gasteiger partial charge in [-0.3, -0.25) is 0 Å². The Morgan fingerprint density at radius 3 is 2.54 bits per heavy atom. The molecule has 0 bridgehead atoms. The van der Waals surface area contributed by atoms with Gasteiger partial charge in [0.15, 0.2) is 11.0 Å². The van der Waals surface area contributed by atoms with Crippen molar-refractivity contribution in [3.63, 3.8) is 0 Å². The summed E-state index contributed by atoms with van der Waals surface area (Å²) >= 11 is 0. The fraction of sp³-hybridized carbons (Fsp3) is 0.350. The van der Waals surface area contributed by atoms with E-state index in [4.69, 9.17) is 4.74 Å². The summed E-state index contributed by atoms with van der Waals surface area (Å²) in [5, 5.41) is 10.4. The first-order chi connectivity index (χ1) is 11.5. The topological polar surface area (TPSA) is 38.3 Å². The van der Waals surface area contributed by atoms with Crippen molar-refractivity contribution in [2.24, 2.45) is 7.05 Å². The summed E-state index contributed by atoms with van der Waals surface area (Å²) in [5.41, 5.74) is 5.92. The number of hydrogen-bond donors (Lipinski definition) is 1. The number of ether oxygens (including phenoxy) is 1. The number of imidazole rings is 1. The fourth-order valence-electron chi connectivity index (χ4n) is 2.96. The van der Waals surface area contributed by atoms with Crippen molar-refractivity contribution >= 4 is 11.0 Å². The lowest BCUT2D eigenvalue weighted by Gasteiger charge is -2.12. The molecule has 24 heavy (non-hydrogen) atoms. The number of para-hydroxylation sites is 1. The van der Waals surface area contributed by atoms with E-state index >= 15 is 0 Å². The van der Waals surface area contributed by atoms with Crippen LogP contribution in [-0.4, -0.2) is 22.4 Å². The van der Waals surface area contributed by atoms with Crippen molar-refractivity contribution in [3.8, 4) is 5.75 Å². The molecule has 3 rings (SSSR count). The molecule has 1 atom stereocenters. The van der Waals surface area contributed by atoms with E-state index in [0.717, 1.165) is 16.8 Å². The number of nitrogens with zero attached hydrogens (tertiary/aromatic N) is 2. The minimum atomic E-state index is -0.568. The molecule has 0 radical (unpaired) electrons. The lowest BCUT2D eigenvalue weighted by Crippen LogP contribution is -2.27. The van der Waals surface area contributed by atoms with Crippen molar-refractivity contribution < 1.29 is 14.4 Å². The Morgan fingerprint density at radius 2 is 1.79 bits per heavy atom. The van der Waals surface area contributed by atoms with E-state index < -0.39 is 6.10 Å². The summed E-state index contributed by atoms with van der Waals surface area (Å²) in [6.07, 6.45) is 1.46. The van der Waals surface area contributed by atoms with Gasteiger partial charge in [-0.05, 0) is 55.7 Å². The number of hydrogen-bond acceptors (Lipinski definition) is 2. The number of aliphatic hydroxyl groups excluding tert-OH is 1. The molecule has 4 nitrogen and oxygen atoms in total. The first-order valence-electron chi connectivity index (χ1n) is 8.28. The number of aromatic nitrogens is 2. The highest BCUT2D eigenvalue weighted by molar-refractivity contribution is 5.74. The Balaban J connectivity index is 1.75. The van der Waals surface area contributed by atoms with Gasteiger partial charge < -0.3 is 9.84 Å². The van der Waals surface area contributed by atoms with Crippen LogP contribution < -0.4 is 9.30 Å². The van der Waals surface area contributed by atoms with Crippen LogP contribution in [0.4, 0.5) is 0 Å². The van der Waals surface area contributed by atoms with Gasteiger partial charge in [0, 0.05) is 0 Å². The quantitative estimate of drug-likeness (QED) is 0.733. The zero-order chi connectivity index (χ0) is 17.3. The van der Waals surface area contributed by atoms with Gasteiger partial charge >= 0.3 is 0 Å². The molecule has 1 N–H and O–H groups in total. The summed E-state index contributed by atoms with van der Waals surface area (Å²) in [6.45, 7) is 7.03. The maximum atomic E-state index is 10.4. The summed E-state index contributed by atoms with van der Waals surface area (Å²) in [7, 11) is 2.03. The molecule has 0 saturated heterocycles. The average molecular weight is 325 g/mol. The normalized spacial score (nSPS) is 12.5. The van der Waals surface area contributed by atoms with Gasteiger partial charge in [0.2, 0.25) is 6.33 Å². The Hall–Kier alpha value is -2.33. The molecule has 2 aromatic carbocycles. The Kier molecular flexibility index (Phi) is 4.58. The van der Waals surface area contributed by atoms with Crippen LogP contribution in [0.2, 0.25) is 0 Å². The zero-order valence-corrected chi connectivity index (χ0v) is 14.8. The van der Waals surface area contributed by atoms with E-state index in [0.29, 0.717) is 6.54 Å². The molecule has 4 heteroatoms. The standard InChI is InChI=1S/C20H25N2O2/c1-14-7-5-6-8-20(14)24-12-17(23)11-22-13-21(4)18-9-15(2)16(3)10-19(18)22/h5-10,13,17,23H,11-12H2,1-4H3/q+1/t17-/m1/s1. The van der Waals surface area contributed by atoms with E-state index in [2.05, 4.69) is 35.1 Å². The lowest BCUT2D eigenvalue weighted by atomic mass is 10.1. The van der Waals surface area contributed by atoms with Gasteiger partial charge in [0.1, 0.15) is 25.0 Å². The zero-order valence-electron chi connectivity index (χ0n) is 14.8. The largest absolute Gasteiger partial charge is 0.490 e. The molecule has 126 valence electrons. The molecular weight excluding hydrogens is 300 g/mol. The highest BCUT2D eigenvalue weighted by Gasteiger charge is 2.18. The molecule has 0 aliphatic heterocycles. The van der Waals surface area contributed by atoms with Gasteiger partial charge in [-0.2, -0.15) is 0 Å². The highest BCUT2D eigenvalue weighted by atomic mass is 16.5. The second-order valence-corrected chi connectivity index (χ2v) is 6.53.